The molecule has 20 heteroatoms. The molecule has 0 N–H and O–H groups in total. The molecule has 1 aromatic heterocycles. The van der Waals surface area contributed by atoms with Crippen molar-refractivity contribution >= 4 is 51.3 Å². The van der Waals surface area contributed by atoms with Crippen molar-refractivity contribution in [1.82, 2.24) is 13.4 Å². The number of ether oxygens (including phenoxy) is 2. The van der Waals surface area contributed by atoms with E-state index in [2.05, 4.69) is 9.47 Å². The second kappa shape index (κ2) is 12.1. The van der Waals surface area contributed by atoms with Crippen molar-refractivity contribution < 1.29 is 54.6 Å². The van der Waals surface area contributed by atoms with Gasteiger partial charge in [0, 0.05) is 34.0 Å². The zero-order valence-corrected chi connectivity index (χ0v) is 22.9. The predicted molar refractivity (Wildman–Crippen MR) is 130 cm³/mol. The minimum atomic E-state index is -5.38. The average Bonchev–Trinajstić information content (AvgIpc) is 2.84. The van der Waals surface area contributed by atoms with Gasteiger partial charge < -0.3 is 9.47 Å². The molecule has 0 unspecified atom stereocenters. The van der Waals surface area contributed by atoms with Crippen molar-refractivity contribution in [2.75, 3.05) is 24.6 Å². The van der Waals surface area contributed by atoms with Crippen LogP contribution in [-0.4, -0.2) is 65.9 Å². The lowest BCUT2D eigenvalue weighted by atomic mass is 10.2. The normalized spacial score (nSPS) is 11.5. The number of rotatable bonds is 8. The average molecular weight is 631 g/mol. The highest BCUT2D eigenvalue weighted by atomic mass is 35.5. The van der Waals surface area contributed by atoms with Crippen LogP contribution >= 0.6 is 11.6 Å². The van der Waals surface area contributed by atoms with E-state index in [-0.39, 0.29) is 23.8 Å². The maximum atomic E-state index is 15.0. The molecular formula is C21H19ClF4N4O10S. The molecule has 2 amide bonds. The van der Waals surface area contributed by atoms with E-state index in [4.69, 9.17) is 11.6 Å². The van der Waals surface area contributed by atoms with Crippen LogP contribution in [0.15, 0.2) is 27.8 Å². The van der Waals surface area contributed by atoms with Gasteiger partial charge in [0.25, 0.3) is 17.4 Å². The van der Waals surface area contributed by atoms with Gasteiger partial charge in [-0.25, -0.2) is 18.1 Å². The lowest BCUT2D eigenvalue weighted by Crippen LogP contribution is -2.50. The Morgan fingerprint density at radius 1 is 0.976 bits per heavy atom. The van der Waals surface area contributed by atoms with Crippen molar-refractivity contribution in [2.24, 2.45) is 7.05 Å². The molecule has 41 heavy (non-hydrogen) atoms. The second-order valence-electron chi connectivity index (χ2n) is 7.89. The third kappa shape index (κ3) is 7.09. The molecule has 0 fully saturated rings. The Hall–Kier alpha value is -4.26. The van der Waals surface area contributed by atoms with Crippen molar-refractivity contribution in [3.8, 4) is 5.69 Å². The second-order valence-corrected chi connectivity index (χ2v) is 10.1. The molecule has 0 aliphatic rings. The fourth-order valence-corrected chi connectivity index (χ4v) is 4.64. The first-order valence-electron chi connectivity index (χ1n) is 10.7. The van der Waals surface area contributed by atoms with Gasteiger partial charge in [-0.1, -0.05) is 11.6 Å². The SMILES string of the molecule is CC(=O)OCC(=O)N(C)S(=O)(=O)N(C(=O)COC(C)=O)c1cc(-n2c(=O)cc(C(F)(F)F)n(C)c2=O)c(F)cc1Cl. The number of anilines is 1. The van der Waals surface area contributed by atoms with Crippen LogP contribution in [0.1, 0.15) is 19.5 Å². The molecule has 1 heterocycles. The third-order valence-corrected chi connectivity index (χ3v) is 7.10. The van der Waals surface area contributed by atoms with Gasteiger partial charge in [0.1, 0.15) is 11.5 Å². The summed E-state index contributed by atoms with van der Waals surface area (Å²) in [6.07, 6.45) is -5.16. The lowest BCUT2D eigenvalue weighted by Gasteiger charge is -2.28. The molecule has 1 aromatic carbocycles. The number of carbonyl (C=O) groups is 4. The summed E-state index contributed by atoms with van der Waals surface area (Å²) in [6, 6.07) is 0.663. The number of halogens is 5. The lowest BCUT2D eigenvalue weighted by molar-refractivity contribution is -0.148. The number of likely N-dealkylation sites (N-methyl/N-ethyl adjacent to an activating group) is 1. The fraction of sp³-hybridized carbons (Fsp3) is 0.333. The molecule has 0 radical (unpaired) electrons. The summed E-state index contributed by atoms with van der Waals surface area (Å²) in [5.74, 6) is -6.56. The molecule has 0 aliphatic heterocycles. The van der Waals surface area contributed by atoms with Crippen molar-refractivity contribution in [2.45, 2.75) is 20.0 Å². The number of nitrogens with zero attached hydrogens (tertiary/aromatic N) is 4. The van der Waals surface area contributed by atoms with Crippen LogP contribution in [0, 0.1) is 5.82 Å². The Balaban J connectivity index is 2.86. The maximum absolute atomic E-state index is 15.0. The van der Waals surface area contributed by atoms with Crippen LogP contribution in [0.2, 0.25) is 5.02 Å². The Morgan fingerprint density at radius 2 is 1.49 bits per heavy atom. The minimum absolute atomic E-state index is 0.0308. The highest BCUT2D eigenvalue weighted by Crippen LogP contribution is 2.33. The number of amides is 2. The van der Waals surface area contributed by atoms with E-state index in [1.165, 1.54) is 0 Å². The van der Waals surface area contributed by atoms with E-state index >= 15 is 0 Å². The first-order chi connectivity index (χ1) is 18.7. The summed E-state index contributed by atoms with van der Waals surface area (Å²) < 4.78 is 89.8. The van der Waals surface area contributed by atoms with E-state index in [1.54, 1.807) is 0 Å². The molecule has 0 spiro atoms. The summed E-state index contributed by atoms with van der Waals surface area (Å²) in [5.41, 5.74) is -7.25. The van der Waals surface area contributed by atoms with Crippen molar-refractivity contribution in [1.29, 1.82) is 0 Å². The van der Waals surface area contributed by atoms with Gasteiger partial charge in [0.15, 0.2) is 13.2 Å². The van der Waals surface area contributed by atoms with Gasteiger partial charge in [0.05, 0.1) is 16.4 Å². The fourth-order valence-electron chi connectivity index (χ4n) is 3.09. The quantitative estimate of drug-likeness (QED) is 0.296. The van der Waals surface area contributed by atoms with Crippen LogP contribution in [0.5, 0.6) is 0 Å². The van der Waals surface area contributed by atoms with E-state index < -0.39 is 92.5 Å². The summed E-state index contributed by atoms with van der Waals surface area (Å²) >= 11 is 5.98. The minimum Gasteiger partial charge on any atom is -0.456 e. The zero-order valence-electron chi connectivity index (χ0n) is 21.3. The number of benzene rings is 1. The highest BCUT2D eigenvalue weighted by molar-refractivity contribution is 7.91. The van der Waals surface area contributed by atoms with Gasteiger partial charge in [-0.2, -0.15) is 25.9 Å². The Bertz CT molecular complexity index is 1650. The predicted octanol–water partition coefficient (Wildman–Crippen LogP) is 0.510. The van der Waals surface area contributed by atoms with E-state index in [0.717, 1.165) is 13.8 Å². The van der Waals surface area contributed by atoms with Gasteiger partial charge >= 0.3 is 34.0 Å². The molecular weight excluding hydrogens is 612 g/mol. The summed E-state index contributed by atoms with van der Waals surface area (Å²) in [7, 11) is -4.13. The molecule has 224 valence electrons. The van der Waals surface area contributed by atoms with Crippen LogP contribution < -0.4 is 15.6 Å². The first-order valence-corrected chi connectivity index (χ1v) is 12.5. The number of alkyl halides is 3. The summed E-state index contributed by atoms with van der Waals surface area (Å²) in [6.45, 7) is -0.636. The van der Waals surface area contributed by atoms with Gasteiger partial charge in [-0.3, -0.25) is 28.5 Å². The topological polar surface area (TPSA) is 171 Å². The third-order valence-electron chi connectivity index (χ3n) is 5.04. The van der Waals surface area contributed by atoms with E-state index in [0.29, 0.717) is 26.2 Å². The van der Waals surface area contributed by atoms with Gasteiger partial charge in [-0.15, -0.1) is 0 Å². The number of carbonyl (C=O) groups excluding carboxylic acids is 4. The summed E-state index contributed by atoms with van der Waals surface area (Å²) in [4.78, 5) is 72.7. The summed E-state index contributed by atoms with van der Waals surface area (Å²) in [5, 5.41) is -0.872. The molecule has 0 saturated carbocycles. The standard InChI is InChI=1S/C21H19ClF4N4O10S/c1-10(31)39-8-18(34)28(4)41(37,38)30(19(35)9-40-11(2)32)14-6-15(13(23)5-12(14)22)29-17(33)7-16(21(24,25)26)27(3)20(29)36/h5-7H,8-9H2,1-4H3. The first kappa shape index (κ1) is 32.9. The van der Waals surface area contributed by atoms with E-state index in [9.17, 15) is 54.7 Å². The number of aromatic nitrogens is 2. The van der Waals surface area contributed by atoms with Crippen LogP contribution in [0.25, 0.3) is 5.69 Å². The van der Waals surface area contributed by atoms with Gasteiger partial charge in [0.2, 0.25) is 0 Å². The monoisotopic (exact) mass is 630 g/mol. The highest BCUT2D eigenvalue weighted by Gasteiger charge is 2.39. The molecule has 0 saturated heterocycles. The van der Waals surface area contributed by atoms with Gasteiger partial charge in [-0.05, 0) is 12.1 Å². The Morgan fingerprint density at radius 3 is 1.98 bits per heavy atom. The zero-order chi connectivity index (χ0) is 31.6. The number of esters is 2. The number of hydrogen-bond acceptors (Lipinski definition) is 10. The van der Waals surface area contributed by atoms with Crippen LogP contribution in [0.4, 0.5) is 23.2 Å². The van der Waals surface area contributed by atoms with E-state index in [1.807, 2.05) is 0 Å². The molecule has 14 nitrogen and oxygen atoms in total. The molecule has 0 aliphatic carbocycles. The Labute approximate surface area is 232 Å². The van der Waals surface area contributed by atoms with Crippen LogP contribution in [-0.2, 0) is 52.1 Å². The molecule has 2 aromatic rings. The number of hydrogen-bond donors (Lipinski definition) is 0. The van der Waals surface area contributed by atoms with Crippen molar-refractivity contribution in [3.05, 3.63) is 55.6 Å². The molecule has 2 rings (SSSR count). The molecule has 0 atom stereocenters. The van der Waals surface area contributed by atoms with Crippen LogP contribution in [0.3, 0.4) is 0 Å². The largest absolute Gasteiger partial charge is 0.456 e. The Kier molecular flexibility index (Phi) is 9.71. The van der Waals surface area contributed by atoms with Crippen molar-refractivity contribution in [3.63, 3.8) is 0 Å². The smallest absolute Gasteiger partial charge is 0.431 e. The maximum Gasteiger partial charge on any atom is 0.431 e. The molecule has 0 bridgehead atoms.